The number of hydrogen-bond donors (Lipinski definition) is 1. The molecule has 0 aliphatic heterocycles. The zero-order valence-electron chi connectivity index (χ0n) is 8.53. The van der Waals surface area contributed by atoms with Crippen LogP contribution >= 0.6 is 11.6 Å². The van der Waals surface area contributed by atoms with E-state index in [0.717, 1.165) is 11.1 Å². The maximum Gasteiger partial charge on any atom is 0.215 e. The first-order chi connectivity index (χ1) is 7.03. The number of halogens is 1. The third-order valence-corrected chi connectivity index (χ3v) is 3.44. The molecule has 1 rings (SSSR count). The first-order valence-electron chi connectivity index (χ1n) is 4.62. The van der Waals surface area contributed by atoms with Crippen molar-refractivity contribution < 1.29 is 8.42 Å². The highest BCUT2D eigenvalue weighted by Crippen LogP contribution is 2.06. The Kier molecular flexibility index (Phi) is 4.57. The standard InChI is InChI=1S/C10H14ClNO2S/c1-9-2-4-10(5-3-9)8-15(13,14)12-7-6-11/h2-5,12H,6-8H2,1H3. The monoisotopic (exact) mass is 247 g/mol. The van der Waals surface area contributed by atoms with Crippen LogP contribution in [0.15, 0.2) is 24.3 Å². The minimum atomic E-state index is -3.24. The summed E-state index contributed by atoms with van der Waals surface area (Å²) in [5.41, 5.74) is 1.90. The SMILES string of the molecule is Cc1ccc(CS(=O)(=O)NCCCl)cc1. The summed E-state index contributed by atoms with van der Waals surface area (Å²) < 4.78 is 25.4. The molecule has 0 saturated heterocycles. The maximum absolute atomic E-state index is 11.5. The molecular weight excluding hydrogens is 234 g/mol. The average Bonchev–Trinajstić information content (AvgIpc) is 2.18. The minimum absolute atomic E-state index is 0.00414. The van der Waals surface area contributed by atoms with Crippen molar-refractivity contribution >= 4 is 21.6 Å². The topological polar surface area (TPSA) is 46.2 Å². The van der Waals surface area contributed by atoms with Crippen LogP contribution in [0.5, 0.6) is 0 Å². The molecule has 1 N–H and O–H groups in total. The van der Waals surface area contributed by atoms with Crippen molar-refractivity contribution in [3.05, 3.63) is 35.4 Å². The van der Waals surface area contributed by atoms with Gasteiger partial charge in [0.15, 0.2) is 0 Å². The molecule has 0 aliphatic rings. The number of alkyl halides is 1. The van der Waals surface area contributed by atoms with Crippen LogP contribution in [0, 0.1) is 6.92 Å². The summed E-state index contributed by atoms with van der Waals surface area (Å²) in [5.74, 6) is 0.289. The fraction of sp³-hybridized carbons (Fsp3) is 0.400. The molecule has 0 aliphatic carbocycles. The van der Waals surface area contributed by atoms with Gasteiger partial charge in [0.25, 0.3) is 0 Å². The van der Waals surface area contributed by atoms with Crippen LogP contribution < -0.4 is 4.72 Å². The zero-order valence-corrected chi connectivity index (χ0v) is 10.1. The van der Waals surface area contributed by atoms with Crippen molar-refractivity contribution in [2.75, 3.05) is 12.4 Å². The van der Waals surface area contributed by atoms with Crippen molar-refractivity contribution in [2.24, 2.45) is 0 Å². The summed E-state index contributed by atoms with van der Waals surface area (Å²) in [6, 6.07) is 7.42. The summed E-state index contributed by atoms with van der Waals surface area (Å²) in [7, 11) is -3.24. The number of aryl methyl sites for hydroxylation is 1. The second-order valence-electron chi connectivity index (χ2n) is 3.33. The summed E-state index contributed by atoms with van der Waals surface area (Å²) in [6.07, 6.45) is 0. The third kappa shape index (κ3) is 4.64. The second kappa shape index (κ2) is 5.49. The van der Waals surface area contributed by atoms with E-state index in [1.807, 2.05) is 31.2 Å². The van der Waals surface area contributed by atoms with Crippen LogP contribution in [0.25, 0.3) is 0 Å². The summed E-state index contributed by atoms with van der Waals surface area (Å²) in [4.78, 5) is 0. The van der Waals surface area contributed by atoms with E-state index in [0.29, 0.717) is 0 Å². The van der Waals surface area contributed by atoms with Crippen LogP contribution in [0.4, 0.5) is 0 Å². The first kappa shape index (κ1) is 12.5. The van der Waals surface area contributed by atoms with Crippen LogP contribution in [0.3, 0.4) is 0 Å². The average molecular weight is 248 g/mol. The highest BCUT2D eigenvalue weighted by molar-refractivity contribution is 7.88. The summed E-state index contributed by atoms with van der Waals surface area (Å²) in [6.45, 7) is 2.24. The van der Waals surface area contributed by atoms with Crippen LogP contribution in [0.1, 0.15) is 11.1 Å². The molecule has 0 amide bonds. The Morgan fingerprint density at radius 2 is 1.87 bits per heavy atom. The van der Waals surface area contributed by atoms with E-state index in [2.05, 4.69) is 4.72 Å². The van der Waals surface area contributed by atoms with Crippen LogP contribution in [-0.4, -0.2) is 20.8 Å². The molecule has 1 aromatic carbocycles. The van der Waals surface area contributed by atoms with E-state index in [9.17, 15) is 8.42 Å². The Labute approximate surface area is 95.5 Å². The Balaban J connectivity index is 2.65. The largest absolute Gasteiger partial charge is 0.215 e. The van der Waals surface area contributed by atoms with Gasteiger partial charge in [-0.3, -0.25) is 0 Å². The third-order valence-electron chi connectivity index (χ3n) is 1.89. The molecule has 0 unspecified atom stereocenters. The lowest BCUT2D eigenvalue weighted by molar-refractivity contribution is 0.583. The molecule has 0 heterocycles. The summed E-state index contributed by atoms with van der Waals surface area (Å²) in [5, 5.41) is 0. The van der Waals surface area contributed by atoms with Gasteiger partial charge >= 0.3 is 0 Å². The van der Waals surface area contributed by atoms with E-state index in [1.165, 1.54) is 0 Å². The smallest absolute Gasteiger partial charge is 0.214 e. The molecule has 0 aromatic heterocycles. The number of sulfonamides is 1. The first-order valence-corrected chi connectivity index (χ1v) is 6.81. The molecule has 15 heavy (non-hydrogen) atoms. The van der Waals surface area contributed by atoms with Gasteiger partial charge in [-0.05, 0) is 12.5 Å². The number of rotatable bonds is 5. The van der Waals surface area contributed by atoms with Gasteiger partial charge in [-0.2, -0.15) is 0 Å². The molecule has 0 spiro atoms. The van der Waals surface area contributed by atoms with Crippen molar-refractivity contribution in [2.45, 2.75) is 12.7 Å². The molecule has 0 saturated carbocycles. The van der Waals surface area contributed by atoms with E-state index in [1.54, 1.807) is 0 Å². The van der Waals surface area contributed by atoms with E-state index >= 15 is 0 Å². The second-order valence-corrected chi connectivity index (χ2v) is 5.51. The van der Waals surface area contributed by atoms with Crippen molar-refractivity contribution in [1.29, 1.82) is 0 Å². The Morgan fingerprint density at radius 1 is 1.27 bits per heavy atom. The highest BCUT2D eigenvalue weighted by atomic mass is 35.5. The van der Waals surface area contributed by atoms with E-state index < -0.39 is 10.0 Å². The van der Waals surface area contributed by atoms with Gasteiger partial charge in [-0.1, -0.05) is 29.8 Å². The maximum atomic E-state index is 11.5. The Morgan fingerprint density at radius 3 is 2.40 bits per heavy atom. The summed E-state index contributed by atoms with van der Waals surface area (Å²) >= 11 is 5.40. The van der Waals surface area contributed by atoms with Crippen LogP contribution in [0.2, 0.25) is 0 Å². The Bertz CT molecular complexity index is 400. The number of benzene rings is 1. The molecule has 3 nitrogen and oxygen atoms in total. The molecule has 5 heteroatoms. The van der Waals surface area contributed by atoms with Gasteiger partial charge < -0.3 is 0 Å². The molecule has 0 bridgehead atoms. The van der Waals surface area contributed by atoms with Gasteiger partial charge in [0, 0.05) is 12.4 Å². The predicted molar refractivity (Wildman–Crippen MR) is 62.5 cm³/mol. The molecule has 1 aromatic rings. The van der Waals surface area contributed by atoms with Crippen molar-refractivity contribution in [1.82, 2.24) is 4.72 Å². The molecule has 84 valence electrons. The highest BCUT2D eigenvalue weighted by Gasteiger charge is 2.09. The van der Waals surface area contributed by atoms with Gasteiger partial charge in [-0.15, -0.1) is 11.6 Å². The lowest BCUT2D eigenvalue weighted by atomic mass is 10.2. The lowest BCUT2D eigenvalue weighted by Gasteiger charge is -2.05. The van der Waals surface area contributed by atoms with Gasteiger partial charge in [0.2, 0.25) is 10.0 Å². The number of hydrogen-bond acceptors (Lipinski definition) is 2. The van der Waals surface area contributed by atoms with Crippen molar-refractivity contribution in [3.8, 4) is 0 Å². The van der Waals surface area contributed by atoms with Crippen molar-refractivity contribution in [3.63, 3.8) is 0 Å². The lowest BCUT2D eigenvalue weighted by Crippen LogP contribution is -2.26. The van der Waals surface area contributed by atoms with Gasteiger partial charge in [0.1, 0.15) is 0 Å². The molecule has 0 fully saturated rings. The minimum Gasteiger partial charge on any atom is -0.214 e. The van der Waals surface area contributed by atoms with E-state index in [-0.39, 0.29) is 18.2 Å². The fourth-order valence-electron chi connectivity index (χ4n) is 1.15. The quantitative estimate of drug-likeness (QED) is 0.805. The fourth-order valence-corrected chi connectivity index (χ4v) is 2.50. The molecule has 0 atom stereocenters. The zero-order chi connectivity index (χ0) is 11.3. The predicted octanol–water partition coefficient (Wildman–Crippen LogP) is 1.65. The molecule has 0 radical (unpaired) electrons. The van der Waals surface area contributed by atoms with Gasteiger partial charge in [0.05, 0.1) is 5.75 Å². The number of nitrogens with one attached hydrogen (secondary N) is 1. The Hall–Kier alpha value is -0.580. The van der Waals surface area contributed by atoms with Crippen LogP contribution in [-0.2, 0) is 15.8 Å². The van der Waals surface area contributed by atoms with Gasteiger partial charge in [-0.25, -0.2) is 13.1 Å². The molecular formula is C10H14ClNO2S. The van der Waals surface area contributed by atoms with E-state index in [4.69, 9.17) is 11.6 Å². The normalized spacial score (nSPS) is 11.6.